The minimum Gasteiger partial charge on any atom is -0.269 e. The van der Waals surface area contributed by atoms with Crippen molar-refractivity contribution in [2.75, 3.05) is 12.9 Å². The smallest absolute Gasteiger partial charge is 0.264 e. The molecule has 0 rings (SSSR count). The standard InChI is InChI=1S/C11H20O3S/c1-5-8-11(2,3)9-6-7-10-14-15(4,12)13/h5,7-8,10H2,1-4H3. The largest absolute Gasteiger partial charge is 0.269 e. The van der Waals surface area contributed by atoms with Gasteiger partial charge in [0, 0.05) is 11.8 Å². The van der Waals surface area contributed by atoms with E-state index in [0.29, 0.717) is 6.42 Å². The van der Waals surface area contributed by atoms with E-state index in [9.17, 15) is 8.42 Å². The van der Waals surface area contributed by atoms with Crippen LogP contribution in [0.1, 0.15) is 40.0 Å². The lowest BCUT2D eigenvalue weighted by molar-refractivity contribution is 0.330. The van der Waals surface area contributed by atoms with Gasteiger partial charge >= 0.3 is 0 Å². The summed E-state index contributed by atoms with van der Waals surface area (Å²) >= 11 is 0. The molecule has 0 amide bonds. The van der Waals surface area contributed by atoms with Crippen molar-refractivity contribution in [3.63, 3.8) is 0 Å². The highest BCUT2D eigenvalue weighted by Crippen LogP contribution is 2.20. The lowest BCUT2D eigenvalue weighted by atomic mass is 9.89. The highest BCUT2D eigenvalue weighted by Gasteiger charge is 2.11. The van der Waals surface area contributed by atoms with E-state index >= 15 is 0 Å². The first kappa shape index (κ1) is 14.5. The van der Waals surface area contributed by atoms with Gasteiger partial charge in [0.25, 0.3) is 10.1 Å². The zero-order valence-electron chi connectivity index (χ0n) is 9.96. The van der Waals surface area contributed by atoms with Gasteiger partial charge in [0.05, 0.1) is 12.9 Å². The van der Waals surface area contributed by atoms with Gasteiger partial charge < -0.3 is 0 Å². The van der Waals surface area contributed by atoms with Crippen molar-refractivity contribution in [1.82, 2.24) is 0 Å². The zero-order chi connectivity index (χ0) is 11.9. The van der Waals surface area contributed by atoms with Crippen molar-refractivity contribution in [2.24, 2.45) is 5.41 Å². The SMILES string of the molecule is CCCC(C)(C)C#CCCOS(C)(=O)=O. The summed E-state index contributed by atoms with van der Waals surface area (Å²) < 4.78 is 25.8. The van der Waals surface area contributed by atoms with Crippen LogP contribution in [0.25, 0.3) is 0 Å². The molecule has 0 aliphatic heterocycles. The summed E-state index contributed by atoms with van der Waals surface area (Å²) in [5.74, 6) is 6.06. The number of hydrogen-bond donors (Lipinski definition) is 0. The van der Waals surface area contributed by atoms with Crippen LogP contribution in [0.2, 0.25) is 0 Å². The molecule has 4 heteroatoms. The van der Waals surface area contributed by atoms with Crippen molar-refractivity contribution in [1.29, 1.82) is 0 Å². The maximum absolute atomic E-state index is 10.6. The summed E-state index contributed by atoms with van der Waals surface area (Å²) in [6.45, 7) is 6.44. The van der Waals surface area contributed by atoms with Gasteiger partial charge in [-0.2, -0.15) is 8.42 Å². The first-order chi connectivity index (χ1) is 6.77. The van der Waals surface area contributed by atoms with Gasteiger partial charge in [0.1, 0.15) is 0 Å². The Balaban J connectivity index is 3.90. The Labute approximate surface area is 93.3 Å². The van der Waals surface area contributed by atoms with E-state index < -0.39 is 10.1 Å². The predicted octanol–water partition coefficient (Wildman–Crippen LogP) is 2.18. The fourth-order valence-electron chi connectivity index (χ4n) is 1.23. The number of rotatable bonds is 5. The second-order valence-corrected chi connectivity index (χ2v) is 5.86. The van der Waals surface area contributed by atoms with E-state index in [1.54, 1.807) is 0 Å². The van der Waals surface area contributed by atoms with E-state index in [-0.39, 0.29) is 12.0 Å². The van der Waals surface area contributed by atoms with Gasteiger partial charge in [0.2, 0.25) is 0 Å². The monoisotopic (exact) mass is 232 g/mol. The van der Waals surface area contributed by atoms with Crippen LogP contribution in [0.4, 0.5) is 0 Å². The van der Waals surface area contributed by atoms with Gasteiger partial charge in [-0.05, 0) is 20.3 Å². The second-order valence-electron chi connectivity index (χ2n) is 4.21. The molecule has 0 saturated carbocycles. The first-order valence-electron chi connectivity index (χ1n) is 5.11. The molecule has 0 aromatic rings. The minimum atomic E-state index is -3.32. The highest BCUT2D eigenvalue weighted by atomic mass is 32.2. The Morgan fingerprint density at radius 2 is 1.93 bits per heavy atom. The molecule has 0 aromatic carbocycles. The fourth-order valence-corrected chi connectivity index (χ4v) is 1.62. The van der Waals surface area contributed by atoms with E-state index in [4.69, 9.17) is 0 Å². The summed E-state index contributed by atoms with van der Waals surface area (Å²) in [6.07, 6.45) is 3.65. The fraction of sp³-hybridized carbons (Fsp3) is 0.818. The van der Waals surface area contributed by atoms with Crippen LogP contribution in [0.15, 0.2) is 0 Å². The molecule has 88 valence electrons. The van der Waals surface area contributed by atoms with Gasteiger partial charge in [0.15, 0.2) is 0 Å². The van der Waals surface area contributed by atoms with Crippen LogP contribution < -0.4 is 0 Å². The van der Waals surface area contributed by atoms with Crippen molar-refractivity contribution >= 4 is 10.1 Å². The molecule has 15 heavy (non-hydrogen) atoms. The van der Waals surface area contributed by atoms with Crippen LogP contribution in [-0.4, -0.2) is 21.3 Å². The molecule has 0 unspecified atom stereocenters. The van der Waals surface area contributed by atoms with Crippen LogP contribution in [-0.2, 0) is 14.3 Å². The van der Waals surface area contributed by atoms with E-state index in [2.05, 4.69) is 36.8 Å². The normalized spacial score (nSPS) is 12.0. The summed E-state index contributed by atoms with van der Waals surface area (Å²) in [4.78, 5) is 0. The van der Waals surface area contributed by atoms with Crippen molar-refractivity contribution in [2.45, 2.75) is 40.0 Å². The van der Waals surface area contributed by atoms with Crippen LogP contribution in [0.3, 0.4) is 0 Å². The molecule has 0 aliphatic carbocycles. The average molecular weight is 232 g/mol. The Kier molecular flexibility index (Phi) is 5.92. The molecule has 0 heterocycles. The summed E-state index contributed by atoms with van der Waals surface area (Å²) in [5, 5.41) is 0. The Bertz CT molecular complexity index is 331. The van der Waals surface area contributed by atoms with E-state index in [0.717, 1.165) is 19.1 Å². The van der Waals surface area contributed by atoms with Crippen LogP contribution >= 0.6 is 0 Å². The molecule has 0 radical (unpaired) electrons. The molecule has 0 N–H and O–H groups in total. The number of hydrogen-bond acceptors (Lipinski definition) is 3. The highest BCUT2D eigenvalue weighted by molar-refractivity contribution is 7.85. The van der Waals surface area contributed by atoms with Crippen LogP contribution in [0.5, 0.6) is 0 Å². The lowest BCUT2D eigenvalue weighted by Gasteiger charge is -2.15. The molecule has 0 spiro atoms. The third kappa shape index (κ3) is 9.77. The van der Waals surface area contributed by atoms with E-state index in [1.807, 2.05) is 0 Å². The molecule has 0 aromatic heterocycles. The van der Waals surface area contributed by atoms with Gasteiger partial charge in [-0.3, -0.25) is 4.18 Å². The summed E-state index contributed by atoms with van der Waals surface area (Å²) in [7, 11) is -3.32. The molecule has 0 atom stereocenters. The molecule has 3 nitrogen and oxygen atoms in total. The van der Waals surface area contributed by atoms with Gasteiger partial charge in [-0.15, -0.1) is 5.92 Å². The topological polar surface area (TPSA) is 43.4 Å². The quantitative estimate of drug-likeness (QED) is 0.414. The maximum Gasteiger partial charge on any atom is 0.264 e. The van der Waals surface area contributed by atoms with Gasteiger partial charge in [-0.1, -0.05) is 19.3 Å². The third-order valence-corrected chi connectivity index (χ3v) is 2.42. The van der Waals surface area contributed by atoms with Gasteiger partial charge in [-0.25, -0.2) is 0 Å². The molecule has 0 bridgehead atoms. The Morgan fingerprint density at radius 1 is 1.33 bits per heavy atom. The van der Waals surface area contributed by atoms with Crippen molar-refractivity contribution in [3.05, 3.63) is 0 Å². The molecular formula is C11H20O3S. The zero-order valence-corrected chi connectivity index (χ0v) is 10.8. The summed E-state index contributed by atoms with van der Waals surface area (Å²) in [6, 6.07) is 0. The first-order valence-corrected chi connectivity index (χ1v) is 6.93. The molecule has 0 aliphatic rings. The maximum atomic E-state index is 10.6. The third-order valence-electron chi connectivity index (χ3n) is 1.83. The second kappa shape index (κ2) is 6.14. The Morgan fingerprint density at radius 3 is 2.40 bits per heavy atom. The minimum absolute atomic E-state index is 0.0137. The molecule has 0 fully saturated rings. The average Bonchev–Trinajstić information content (AvgIpc) is 2.00. The van der Waals surface area contributed by atoms with Crippen molar-refractivity contribution in [3.8, 4) is 11.8 Å². The molecule has 0 saturated heterocycles. The molecular weight excluding hydrogens is 212 g/mol. The summed E-state index contributed by atoms with van der Waals surface area (Å²) in [5.41, 5.74) is 0.0137. The lowest BCUT2D eigenvalue weighted by Crippen LogP contribution is -2.07. The van der Waals surface area contributed by atoms with Crippen molar-refractivity contribution < 1.29 is 12.6 Å². The Hall–Kier alpha value is -0.530. The van der Waals surface area contributed by atoms with E-state index in [1.165, 1.54) is 0 Å². The van der Waals surface area contributed by atoms with Crippen LogP contribution in [0, 0.1) is 17.3 Å². The predicted molar refractivity (Wildman–Crippen MR) is 61.9 cm³/mol.